The van der Waals surface area contributed by atoms with Crippen LogP contribution in [0.1, 0.15) is 0 Å². The van der Waals surface area contributed by atoms with Crippen molar-refractivity contribution < 1.29 is 162 Å². The Hall–Kier alpha value is 1.12. The molecule has 275 valence electrons. The number of carbonyl (C=O) groups is 2. The normalized spacial score (nSPS) is 30.0. The number of rotatable bonds is 8. The van der Waals surface area contributed by atoms with Crippen LogP contribution in [0.15, 0.2) is 0 Å². The van der Waals surface area contributed by atoms with Crippen molar-refractivity contribution in [2.75, 3.05) is 39.5 Å². The molecule has 22 nitrogen and oxygen atoms in total. The van der Waals surface area contributed by atoms with Gasteiger partial charge in [-0.25, -0.2) is 0 Å². The van der Waals surface area contributed by atoms with Gasteiger partial charge in [-0.3, -0.25) is 19.1 Å². The molecule has 13 N–H and O–H groups in total. The van der Waals surface area contributed by atoms with E-state index in [4.69, 9.17) is 112 Å². The second-order valence-corrected chi connectivity index (χ2v) is 10.9. The number of hydrogen-bond acceptors (Lipinski definition) is 22. The van der Waals surface area contributed by atoms with Gasteiger partial charge in [0, 0.05) is 33.5 Å². The maximum Gasteiger partial charge on any atom is 1.00 e. The molecule has 0 saturated carbocycles. The summed E-state index contributed by atoms with van der Waals surface area (Å²) in [5.74, 6) is 0. The Bertz CT molecular complexity index is 829. The van der Waals surface area contributed by atoms with E-state index >= 15 is 0 Å². The van der Waals surface area contributed by atoms with Crippen LogP contribution in [0.2, 0.25) is 0 Å². The number of halogens is 1. The van der Waals surface area contributed by atoms with Gasteiger partial charge in [0.2, 0.25) is 0 Å². The summed E-state index contributed by atoms with van der Waals surface area (Å²) in [6.07, 6.45) is -6.23. The topological polar surface area (TPSA) is 408 Å². The van der Waals surface area contributed by atoms with Gasteiger partial charge in [0.25, 0.3) is 0 Å². The number of aliphatic hydroxyl groups is 8. The number of nitrogens with one attached hydrogen (secondary N) is 2. The molecule has 0 aliphatic carbocycles. The van der Waals surface area contributed by atoms with Crippen LogP contribution in [-0.2, 0) is 28.5 Å². The molecule has 2 unspecified atom stereocenters. The monoisotopic (exact) mass is 863 g/mol. The minimum atomic E-state index is -5.94. The summed E-state index contributed by atoms with van der Waals surface area (Å²) in [7, 11) is 20.8. The molecule has 0 bridgehead atoms. The van der Waals surface area contributed by atoms with Crippen molar-refractivity contribution in [1.29, 1.82) is 5.26 Å². The number of carbonyl (C=O) groups excluding carboxylic acids is 2. The fourth-order valence-corrected chi connectivity index (χ4v) is 2.99. The fourth-order valence-electron chi connectivity index (χ4n) is 2.99. The van der Waals surface area contributed by atoms with E-state index in [2.05, 4.69) is 15.4 Å². The molecule has 3 saturated heterocycles. The third kappa shape index (κ3) is 35.3. The quantitative estimate of drug-likeness (QED) is 0.0467. The van der Waals surface area contributed by atoms with Gasteiger partial charge in [-0.05, 0) is 0 Å². The molecule has 0 amide bonds. The first-order valence-electron chi connectivity index (χ1n) is 12.9. The summed E-state index contributed by atoms with van der Waals surface area (Å²) < 4.78 is 53.6. The van der Waals surface area contributed by atoms with E-state index < -0.39 is 87.7 Å². The average molecular weight is 862 g/mol. The zero-order chi connectivity index (χ0) is 37.3. The Morgan fingerprint density at radius 3 is 1.59 bits per heavy atom. The second kappa shape index (κ2) is 39.4. The second-order valence-electron chi connectivity index (χ2n) is 8.79. The summed E-state index contributed by atoms with van der Waals surface area (Å²) >= 11 is -5.94. The largest absolute Gasteiger partial charge is 1.00 e. The van der Waals surface area contributed by atoms with Crippen LogP contribution in [0, 0.1) is 11.8 Å². The van der Waals surface area contributed by atoms with Crippen molar-refractivity contribution in [2.24, 2.45) is 0 Å². The van der Waals surface area contributed by atoms with Crippen molar-refractivity contribution in [3.8, 4) is 0 Å². The van der Waals surface area contributed by atoms with Gasteiger partial charge < -0.3 is 92.7 Å². The van der Waals surface area contributed by atoms with Crippen LogP contribution in [0.5, 0.6) is 0 Å². The predicted octanol–water partition coefficient (Wildman–Crippen LogP) is -22.5. The van der Waals surface area contributed by atoms with Crippen LogP contribution < -0.4 is 110 Å². The van der Waals surface area contributed by atoms with E-state index in [1.165, 1.54) is 0 Å². The standard InChI is InChI=1S/C5H10BNO4.C5H10BNO2.C5H9BO4.C5H7BO4.CN.B.IO4.H3N.2Na/c6-3-5(10)7-4(9)2(1-8)11-3;6-5-2-7-1-4(3-8)9-5;6-5-4(9)3(8)2(1-7)10-5;6-5(3-9)10-4(1-7)2-8;1-2;;2-1(3,4)5;;;/h2-5,7-10H,1H2;4-5,7-8H,1-3H2;2-5,7-9H,1H2;1,3-5,8H,2H2;;;;1H3;;/q;;;;-1;;-1;;2*+1/t2-,3-,4?,5?;4-,5+;2-,3-,4-,5-;4-,5+;;;;;;/m1010....../s1. The third-order valence-corrected chi connectivity index (χ3v) is 5.18. The SMILES string of the molecule is N.[B].[B][C@@H](C=O)O[C@@H](C=O)CO.[B][C@@H]1O[C@H](CO)C(O)NC1O.[B][C@@H]1O[C@H](CO)[C@@H](O)[C@H]1O.[B][C@H]1CNC[C@@H](CO)O1.[C-]#N.[Na+].[Na+].[O-][I+3]([O-])([O-])[O-]. The number of aliphatic hydroxyl groups excluding tert-OH is 8. The van der Waals surface area contributed by atoms with Gasteiger partial charge in [-0.1, -0.05) is 0 Å². The van der Waals surface area contributed by atoms with Crippen LogP contribution in [0.4, 0.5) is 0 Å². The number of morpholine rings is 2. The first-order valence-corrected chi connectivity index (χ1v) is 16.4. The van der Waals surface area contributed by atoms with Gasteiger partial charge in [0.15, 0.2) is 6.29 Å². The summed E-state index contributed by atoms with van der Waals surface area (Å²) in [6, 6.07) is -3.18. The Kier molecular flexibility index (Phi) is 51.6. The van der Waals surface area contributed by atoms with Crippen molar-refractivity contribution in [1.82, 2.24) is 16.8 Å². The summed E-state index contributed by atoms with van der Waals surface area (Å²) in [4.78, 5) is 19.8. The summed E-state index contributed by atoms with van der Waals surface area (Å²) in [5.41, 5.74) is 0. The molecule has 3 fully saturated rings. The van der Waals surface area contributed by atoms with E-state index in [0.29, 0.717) is 25.7 Å². The van der Waals surface area contributed by atoms with Crippen molar-refractivity contribution in [2.45, 2.75) is 73.1 Å². The number of ether oxygens (including phenoxy) is 4. The molecule has 3 aliphatic rings. The molecular formula is C21H39B5IN4Na2O18. The molecular weight excluding hydrogens is 823 g/mol. The van der Waals surface area contributed by atoms with Crippen LogP contribution in [0.25, 0.3) is 0 Å². The number of hydrogen-bond donors (Lipinski definition) is 11. The van der Waals surface area contributed by atoms with Gasteiger partial charge in [0.1, 0.15) is 94.6 Å². The smallest absolute Gasteiger partial charge is 0.512 e. The third-order valence-electron chi connectivity index (χ3n) is 5.18. The van der Waals surface area contributed by atoms with Gasteiger partial charge in [-0.15, -0.1) is 0 Å². The molecule has 51 heavy (non-hydrogen) atoms. The zero-order valence-corrected chi connectivity index (χ0v) is 34.1. The van der Waals surface area contributed by atoms with Gasteiger partial charge >= 0.3 is 59.1 Å². The predicted molar refractivity (Wildman–Crippen MR) is 154 cm³/mol. The average Bonchev–Trinajstić information content (AvgIpc) is 3.28. The van der Waals surface area contributed by atoms with E-state index in [0.717, 1.165) is 0 Å². The number of aldehydes is 2. The minimum absolute atomic E-state index is 0. The van der Waals surface area contributed by atoms with Gasteiger partial charge in [0.05, 0.1) is 50.6 Å². The number of nitrogens with zero attached hydrogens (tertiary/aromatic N) is 1. The molecule has 0 aromatic carbocycles. The van der Waals surface area contributed by atoms with E-state index in [-0.39, 0.29) is 106 Å². The molecule has 3 rings (SSSR count). The molecule has 11 radical (unpaired) electrons. The molecule has 3 heterocycles. The summed E-state index contributed by atoms with van der Waals surface area (Å²) in [5, 5.41) is 81.6. The molecule has 30 heteroatoms. The van der Waals surface area contributed by atoms with Crippen LogP contribution in [0.3, 0.4) is 0 Å². The first-order chi connectivity index (χ1) is 21.9. The Labute approximate surface area is 353 Å². The first kappa shape index (κ1) is 66.9. The zero-order valence-electron chi connectivity index (χ0n) is 27.9. The van der Waals surface area contributed by atoms with E-state index in [9.17, 15) is 9.59 Å². The van der Waals surface area contributed by atoms with Crippen molar-refractivity contribution in [3.63, 3.8) is 0 Å². The Morgan fingerprint density at radius 2 is 1.29 bits per heavy atom. The van der Waals surface area contributed by atoms with E-state index in [1.807, 2.05) is 0 Å². The minimum Gasteiger partial charge on any atom is -0.512 e. The van der Waals surface area contributed by atoms with Crippen molar-refractivity contribution >= 4 is 52.4 Å². The van der Waals surface area contributed by atoms with Crippen LogP contribution in [-0.4, -0.2) is 206 Å². The fraction of sp³-hybridized carbons (Fsp3) is 0.857. The molecule has 0 aromatic heterocycles. The Morgan fingerprint density at radius 1 is 0.824 bits per heavy atom. The Balaban J connectivity index is -0.0000000933. The molecule has 0 spiro atoms. The molecule has 12 atom stereocenters. The van der Waals surface area contributed by atoms with E-state index in [1.54, 1.807) is 0 Å². The van der Waals surface area contributed by atoms with Crippen LogP contribution >= 0.6 is 0 Å². The van der Waals surface area contributed by atoms with Crippen molar-refractivity contribution in [3.05, 3.63) is 6.57 Å². The van der Waals surface area contributed by atoms with Gasteiger partial charge in [-0.2, -0.15) is 0 Å². The maximum absolute atomic E-state index is 9.93. The maximum atomic E-state index is 9.93. The molecule has 0 aromatic rings. The molecule has 3 aliphatic heterocycles. The summed E-state index contributed by atoms with van der Waals surface area (Å²) in [6.45, 7) is 5.03.